The minimum absolute atomic E-state index is 0.0653. The minimum atomic E-state index is -0.124. The maximum absolute atomic E-state index is 13.0. The average molecular weight is 474 g/mol. The largest absolute Gasteiger partial charge is 0.472 e. The van der Waals surface area contributed by atoms with Crippen molar-refractivity contribution < 1.29 is 14.0 Å². The van der Waals surface area contributed by atoms with Gasteiger partial charge in [-0.2, -0.15) is 0 Å². The van der Waals surface area contributed by atoms with Crippen LogP contribution in [0.2, 0.25) is 0 Å². The molecule has 0 bridgehead atoms. The highest BCUT2D eigenvalue weighted by atomic mass is 16.3. The molecule has 6 heteroatoms. The summed E-state index contributed by atoms with van der Waals surface area (Å²) >= 11 is 0. The summed E-state index contributed by atoms with van der Waals surface area (Å²) in [6.07, 6.45) is 14.3. The summed E-state index contributed by atoms with van der Waals surface area (Å²) in [5, 5.41) is 7.04. The molecule has 2 amide bonds. The molecule has 2 N–H and O–H groups in total. The zero-order valence-electron chi connectivity index (χ0n) is 20.4. The van der Waals surface area contributed by atoms with Crippen molar-refractivity contribution in [3.05, 3.63) is 73.2 Å². The van der Waals surface area contributed by atoms with Crippen LogP contribution in [-0.4, -0.2) is 29.5 Å². The zero-order chi connectivity index (χ0) is 24.6. The lowest BCUT2D eigenvalue weighted by Gasteiger charge is -2.23. The first-order valence-electron chi connectivity index (χ1n) is 12.6. The van der Waals surface area contributed by atoms with E-state index in [1.165, 1.54) is 24.8 Å². The summed E-state index contributed by atoms with van der Waals surface area (Å²) in [4.78, 5) is 25.8. The van der Waals surface area contributed by atoms with Crippen LogP contribution >= 0.6 is 0 Å². The molecule has 35 heavy (non-hydrogen) atoms. The molecule has 6 nitrogen and oxygen atoms in total. The lowest BCUT2D eigenvalue weighted by atomic mass is 9.82. The second kappa shape index (κ2) is 11.7. The molecule has 1 aromatic carbocycles. The summed E-state index contributed by atoms with van der Waals surface area (Å²) in [5.41, 5.74) is 4.72. The number of carbonyl (C=O) groups excluding carboxylic acids is 2. The van der Waals surface area contributed by atoms with Gasteiger partial charge in [-0.3, -0.25) is 9.59 Å². The Morgan fingerprint density at radius 1 is 1.03 bits per heavy atom. The number of hydrogen-bond acceptors (Lipinski definition) is 3. The Balaban J connectivity index is 1.83. The Morgan fingerprint density at radius 3 is 2.46 bits per heavy atom. The van der Waals surface area contributed by atoms with Gasteiger partial charge in [-0.1, -0.05) is 37.5 Å². The van der Waals surface area contributed by atoms with Crippen molar-refractivity contribution in [2.24, 2.45) is 0 Å². The summed E-state index contributed by atoms with van der Waals surface area (Å²) < 4.78 is 7.53. The third kappa shape index (κ3) is 5.59. The van der Waals surface area contributed by atoms with Gasteiger partial charge in [0.2, 0.25) is 5.91 Å². The normalized spacial score (nSPS) is 14.1. The maximum Gasteiger partial charge on any atom is 0.251 e. The van der Waals surface area contributed by atoms with Gasteiger partial charge >= 0.3 is 0 Å². The molecular weight excluding hydrogens is 438 g/mol. The van der Waals surface area contributed by atoms with E-state index < -0.39 is 0 Å². The lowest BCUT2D eigenvalue weighted by molar-refractivity contribution is -0.121. The van der Waals surface area contributed by atoms with Gasteiger partial charge in [0.05, 0.1) is 23.7 Å². The topological polar surface area (TPSA) is 76.3 Å². The van der Waals surface area contributed by atoms with Crippen LogP contribution < -0.4 is 10.6 Å². The highest BCUT2D eigenvalue weighted by Crippen LogP contribution is 2.44. The Kier molecular flexibility index (Phi) is 8.24. The van der Waals surface area contributed by atoms with E-state index >= 15 is 0 Å². The molecule has 3 aromatic rings. The molecule has 0 atom stereocenters. The first-order valence-corrected chi connectivity index (χ1v) is 12.6. The molecule has 0 aliphatic heterocycles. The van der Waals surface area contributed by atoms with E-state index in [9.17, 15) is 9.59 Å². The molecule has 4 rings (SSSR count). The molecule has 1 fully saturated rings. The Hall–Kier alpha value is -3.54. The van der Waals surface area contributed by atoms with Crippen LogP contribution in [0.1, 0.15) is 66.8 Å². The predicted octanol–water partition coefficient (Wildman–Crippen LogP) is 5.95. The fourth-order valence-corrected chi connectivity index (χ4v) is 5.10. The molecule has 0 unspecified atom stereocenters. The summed E-state index contributed by atoms with van der Waals surface area (Å²) in [7, 11) is 0. The van der Waals surface area contributed by atoms with Gasteiger partial charge in [0, 0.05) is 29.6 Å². The highest BCUT2D eigenvalue weighted by Gasteiger charge is 2.28. The fourth-order valence-electron chi connectivity index (χ4n) is 5.10. The Labute approximate surface area is 207 Å². The van der Waals surface area contributed by atoms with Gasteiger partial charge in [0.15, 0.2) is 0 Å². The predicted molar refractivity (Wildman–Crippen MR) is 140 cm³/mol. The van der Waals surface area contributed by atoms with Crippen molar-refractivity contribution in [2.45, 2.75) is 57.4 Å². The highest BCUT2D eigenvalue weighted by molar-refractivity contribution is 6.01. The van der Waals surface area contributed by atoms with Crippen LogP contribution in [0, 0.1) is 0 Å². The van der Waals surface area contributed by atoms with E-state index in [1.54, 1.807) is 24.7 Å². The molecule has 184 valence electrons. The van der Waals surface area contributed by atoms with Gasteiger partial charge in [-0.25, -0.2) is 0 Å². The number of nitrogens with one attached hydrogen (secondary N) is 2. The summed E-state index contributed by atoms with van der Waals surface area (Å²) in [6, 6.07) is 7.82. The van der Waals surface area contributed by atoms with Crippen molar-refractivity contribution in [3.8, 4) is 11.3 Å². The number of benzene rings is 1. The molecular formula is C29H35N3O3. The van der Waals surface area contributed by atoms with Crippen molar-refractivity contribution in [1.82, 2.24) is 15.2 Å². The second-order valence-electron chi connectivity index (χ2n) is 9.19. The molecule has 1 aliphatic rings. The third-order valence-electron chi connectivity index (χ3n) is 6.78. The molecule has 1 aliphatic carbocycles. The number of carbonyl (C=O) groups is 2. The number of hydrogen-bond donors (Lipinski definition) is 2. The SMILES string of the molecule is C=CCCNC(=O)Cn1c(-c2ccoc2)c(C2CCCCC2)c2ccc(C(=O)NCCC=C)cc21. The van der Waals surface area contributed by atoms with Crippen molar-refractivity contribution >= 4 is 22.7 Å². The first-order chi connectivity index (χ1) is 17.1. The zero-order valence-corrected chi connectivity index (χ0v) is 20.4. The molecule has 1 saturated carbocycles. The summed E-state index contributed by atoms with van der Waals surface area (Å²) in [6.45, 7) is 8.70. The van der Waals surface area contributed by atoms with Crippen molar-refractivity contribution in [3.63, 3.8) is 0 Å². The van der Waals surface area contributed by atoms with Gasteiger partial charge in [-0.05, 0) is 55.4 Å². The smallest absolute Gasteiger partial charge is 0.251 e. The van der Waals surface area contributed by atoms with E-state index in [-0.39, 0.29) is 18.4 Å². The van der Waals surface area contributed by atoms with E-state index in [1.807, 2.05) is 18.2 Å². The number of amides is 2. The van der Waals surface area contributed by atoms with Gasteiger partial charge < -0.3 is 19.6 Å². The monoisotopic (exact) mass is 473 g/mol. The molecule has 0 spiro atoms. The first kappa shape index (κ1) is 24.6. The van der Waals surface area contributed by atoms with Gasteiger partial charge in [0.1, 0.15) is 6.54 Å². The minimum Gasteiger partial charge on any atom is -0.472 e. The van der Waals surface area contributed by atoms with Crippen LogP contribution in [0.25, 0.3) is 22.2 Å². The third-order valence-corrected chi connectivity index (χ3v) is 6.78. The standard InChI is InChI=1S/C29H35N3O3/c1-3-5-15-30-26(33)19-32-25-18-22(29(34)31-16-6-4-2)12-13-24(25)27(21-10-8-7-9-11-21)28(32)23-14-17-35-20-23/h3-4,12-14,17-18,20-21H,1-2,5-11,15-16,19H2,(H,30,33)(H,31,34). The van der Waals surface area contributed by atoms with Crippen LogP contribution in [0.15, 0.2) is 66.5 Å². The molecule has 2 heterocycles. The van der Waals surface area contributed by atoms with E-state index in [2.05, 4.69) is 34.4 Å². The lowest BCUT2D eigenvalue weighted by Crippen LogP contribution is -2.28. The van der Waals surface area contributed by atoms with Crippen LogP contribution in [0.4, 0.5) is 0 Å². The number of nitrogens with zero attached hydrogens (tertiary/aromatic N) is 1. The van der Waals surface area contributed by atoms with Crippen LogP contribution in [0.3, 0.4) is 0 Å². The molecule has 0 saturated heterocycles. The quantitative estimate of drug-likeness (QED) is 0.267. The average Bonchev–Trinajstić information content (AvgIpc) is 3.51. The fraction of sp³-hybridized carbons (Fsp3) is 0.379. The Morgan fingerprint density at radius 2 is 1.77 bits per heavy atom. The number of fused-ring (bicyclic) bond motifs is 1. The number of rotatable bonds is 11. The number of aromatic nitrogens is 1. The maximum atomic E-state index is 13.0. The number of furan rings is 1. The van der Waals surface area contributed by atoms with E-state index in [0.717, 1.165) is 41.4 Å². The van der Waals surface area contributed by atoms with Crippen LogP contribution in [0.5, 0.6) is 0 Å². The Bertz CT molecular complexity index is 1180. The van der Waals surface area contributed by atoms with Gasteiger partial charge in [0.25, 0.3) is 5.91 Å². The summed E-state index contributed by atoms with van der Waals surface area (Å²) in [5.74, 6) is 0.221. The van der Waals surface area contributed by atoms with Crippen molar-refractivity contribution in [2.75, 3.05) is 13.1 Å². The van der Waals surface area contributed by atoms with E-state index in [0.29, 0.717) is 31.0 Å². The van der Waals surface area contributed by atoms with Gasteiger partial charge in [-0.15, -0.1) is 13.2 Å². The van der Waals surface area contributed by atoms with E-state index in [4.69, 9.17) is 4.42 Å². The second-order valence-corrected chi connectivity index (χ2v) is 9.19. The molecule has 2 aromatic heterocycles. The molecule has 0 radical (unpaired) electrons. The van der Waals surface area contributed by atoms with Crippen LogP contribution in [-0.2, 0) is 11.3 Å². The van der Waals surface area contributed by atoms with Crippen molar-refractivity contribution in [1.29, 1.82) is 0 Å².